The lowest BCUT2D eigenvalue weighted by Gasteiger charge is -2.23. The summed E-state index contributed by atoms with van der Waals surface area (Å²) >= 11 is 0. The summed E-state index contributed by atoms with van der Waals surface area (Å²) in [5.41, 5.74) is 3.39. The largest absolute Gasteiger partial charge is 0.490 e. The Bertz CT molecular complexity index is 1940. The summed E-state index contributed by atoms with van der Waals surface area (Å²) in [7, 11) is 4.17. The average Bonchev–Trinajstić information content (AvgIpc) is 3.96. The first-order chi connectivity index (χ1) is 25.3. The molecular weight excluding hydrogens is 699 g/mol. The Morgan fingerprint density at radius 3 is 2.23 bits per heavy atom. The number of aliphatic hydroxyl groups is 2. The second-order valence-electron chi connectivity index (χ2n) is 12.9. The van der Waals surface area contributed by atoms with Gasteiger partial charge in [-0.3, -0.25) is 4.57 Å². The van der Waals surface area contributed by atoms with Crippen molar-refractivity contribution in [3.63, 3.8) is 0 Å². The minimum atomic E-state index is -5.08. The number of anilines is 2. The highest BCUT2D eigenvalue weighted by molar-refractivity contribution is 5.84. The topological polar surface area (TPSA) is 193 Å². The van der Waals surface area contributed by atoms with E-state index in [1.165, 1.54) is 15.9 Å². The maximum absolute atomic E-state index is 11.2. The number of nitrogens with one attached hydrogen (secondary N) is 1. The molecule has 7 rings (SSSR count). The zero-order valence-electron chi connectivity index (χ0n) is 29.1. The molecule has 282 valence electrons. The second kappa shape index (κ2) is 15.8. The van der Waals surface area contributed by atoms with E-state index in [4.69, 9.17) is 29.6 Å². The molecule has 0 unspecified atom stereocenters. The van der Waals surface area contributed by atoms with Crippen LogP contribution in [0.25, 0.3) is 11.2 Å². The van der Waals surface area contributed by atoms with E-state index in [1.54, 1.807) is 10.9 Å². The summed E-state index contributed by atoms with van der Waals surface area (Å²) in [4.78, 5) is 29.4. The molecule has 3 aromatic heterocycles. The number of tetrazole rings is 1. The van der Waals surface area contributed by atoms with Crippen LogP contribution in [-0.4, -0.2) is 124 Å². The van der Waals surface area contributed by atoms with Gasteiger partial charge in [-0.25, -0.2) is 9.78 Å². The summed E-state index contributed by atoms with van der Waals surface area (Å²) in [6.07, 6.45) is -7.02. The first-order valence-electron chi connectivity index (χ1n) is 16.9. The maximum atomic E-state index is 11.2. The van der Waals surface area contributed by atoms with Crippen LogP contribution >= 0.6 is 0 Å². The smallest absolute Gasteiger partial charge is 0.475 e. The van der Waals surface area contributed by atoms with Crippen molar-refractivity contribution in [2.45, 2.75) is 62.6 Å². The van der Waals surface area contributed by atoms with E-state index in [-0.39, 0.29) is 11.7 Å². The number of imidazole rings is 1. The standard InChI is InChI=1S/C32H39N11O3.C2HF3O2/c1-4-43-38-29(37-39-43)27-25(44)26(45)31(46-27)42-19-34-24-28(35-32(36-30(24)42)41-16-15-22(18-41)40(2)3)33-17-23(20-11-7-5-8-12-20)21-13-9-6-10-14-21;3-2(4,5)1(6)7/h5-14,19,22-23,25-27,31,44-45H,4,15-18H2,1-3H3,(H,33,35,36);(H,6,7)/t22-,25+,26-,27+,31-;/m1./s1. The van der Waals surface area contributed by atoms with Crippen molar-refractivity contribution in [3.05, 3.63) is 83.9 Å². The number of carboxylic acid groups (broad SMARTS) is 1. The van der Waals surface area contributed by atoms with Gasteiger partial charge in [-0.1, -0.05) is 60.7 Å². The van der Waals surface area contributed by atoms with Gasteiger partial charge in [-0.05, 0) is 43.8 Å². The average molecular weight is 740 g/mol. The predicted molar refractivity (Wildman–Crippen MR) is 185 cm³/mol. The van der Waals surface area contributed by atoms with Gasteiger partial charge in [0.2, 0.25) is 11.8 Å². The third kappa shape index (κ3) is 8.22. The number of hydrogen-bond acceptors (Lipinski definition) is 13. The Kier molecular flexibility index (Phi) is 11.2. The van der Waals surface area contributed by atoms with Crippen LogP contribution in [0, 0.1) is 0 Å². The van der Waals surface area contributed by atoms with Crippen LogP contribution in [0.2, 0.25) is 0 Å². The molecule has 2 aromatic carbocycles. The number of alkyl halides is 3. The van der Waals surface area contributed by atoms with Crippen LogP contribution in [0.15, 0.2) is 67.0 Å². The maximum Gasteiger partial charge on any atom is 0.490 e. The molecule has 2 aliphatic rings. The number of aliphatic hydroxyl groups excluding tert-OH is 2. The van der Waals surface area contributed by atoms with Gasteiger partial charge in [0.25, 0.3) is 0 Å². The zero-order chi connectivity index (χ0) is 37.9. The van der Waals surface area contributed by atoms with E-state index in [1.807, 2.05) is 19.1 Å². The van der Waals surface area contributed by atoms with Gasteiger partial charge in [0.15, 0.2) is 29.3 Å². The van der Waals surface area contributed by atoms with Gasteiger partial charge in [0.05, 0.1) is 12.9 Å². The fourth-order valence-corrected chi connectivity index (χ4v) is 6.30. The van der Waals surface area contributed by atoms with E-state index in [0.717, 1.165) is 19.5 Å². The van der Waals surface area contributed by atoms with E-state index in [9.17, 15) is 23.4 Å². The molecule has 53 heavy (non-hydrogen) atoms. The van der Waals surface area contributed by atoms with Crippen molar-refractivity contribution in [2.24, 2.45) is 0 Å². The van der Waals surface area contributed by atoms with Crippen LogP contribution in [0.3, 0.4) is 0 Å². The van der Waals surface area contributed by atoms with E-state index in [2.05, 4.69) is 93.2 Å². The Hall–Kier alpha value is -5.24. The number of ether oxygens (including phenoxy) is 1. The number of carbonyl (C=O) groups is 1. The Balaban J connectivity index is 0.000000626. The molecule has 0 radical (unpaired) electrons. The molecule has 0 amide bonds. The number of nitrogens with zero attached hydrogens (tertiary/aromatic N) is 10. The molecule has 5 atom stereocenters. The summed E-state index contributed by atoms with van der Waals surface area (Å²) in [6.45, 7) is 4.56. The summed E-state index contributed by atoms with van der Waals surface area (Å²) in [6, 6.07) is 21.2. The predicted octanol–water partition coefficient (Wildman–Crippen LogP) is 2.84. The van der Waals surface area contributed by atoms with Gasteiger partial charge in [0.1, 0.15) is 12.2 Å². The fraction of sp³-hybridized carbons (Fsp3) is 0.441. The van der Waals surface area contributed by atoms with Gasteiger partial charge in [0, 0.05) is 31.6 Å². The molecule has 4 N–H and O–H groups in total. The lowest BCUT2D eigenvalue weighted by Crippen LogP contribution is -2.32. The van der Waals surface area contributed by atoms with Crippen molar-refractivity contribution < 1.29 is 38.0 Å². The summed E-state index contributed by atoms with van der Waals surface area (Å²) in [5.74, 6) is -1.34. The van der Waals surface area contributed by atoms with Crippen LogP contribution < -0.4 is 10.2 Å². The van der Waals surface area contributed by atoms with Crippen LogP contribution in [0.5, 0.6) is 0 Å². The first kappa shape index (κ1) is 37.5. The number of aromatic nitrogens is 8. The zero-order valence-corrected chi connectivity index (χ0v) is 29.1. The molecule has 0 aliphatic carbocycles. The Morgan fingerprint density at radius 2 is 1.68 bits per heavy atom. The molecule has 16 nitrogen and oxygen atoms in total. The fourth-order valence-electron chi connectivity index (χ4n) is 6.30. The van der Waals surface area contributed by atoms with Crippen molar-refractivity contribution in [1.82, 2.24) is 44.6 Å². The highest BCUT2D eigenvalue weighted by Crippen LogP contribution is 2.39. The normalized spacial score (nSPS) is 21.7. The van der Waals surface area contributed by atoms with Gasteiger partial charge >= 0.3 is 12.1 Å². The van der Waals surface area contributed by atoms with E-state index >= 15 is 0 Å². The minimum absolute atomic E-state index is 0.0581. The summed E-state index contributed by atoms with van der Waals surface area (Å²) in [5, 5.41) is 45.2. The number of likely N-dealkylation sites (N-methyl/N-ethyl adjacent to an activating group) is 1. The Labute approximate surface area is 301 Å². The molecule has 5 aromatic rings. The first-order valence-corrected chi connectivity index (χ1v) is 16.9. The lowest BCUT2D eigenvalue weighted by molar-refractivity contribution is -0.192. The van der Waals surface area contributed by atoms with Crippen LogP contribution in [0.4, 0.5) is 24.9 Å². The number of fused-ring (bicyclic) bond motifs is 1. The minimum Gasteiger partial charge on any atom is -0.475 e. The SMILES string of the molecule is CCn1nnc([C@H]2O[C@@H](n3cnc4c(NCC(c5ccccc5)c5ccccc5)nc(N5CC[C@@H](N(C)C)C5)nc43)[C@H](O)[C@@H]2O)n1.O=C(O)C(F)(F)F. The van der Waals surface area contributed by atoms with Crippen LogP contribution in [-0.2, 0) is 16.1 Å². The number of carboxylic acids is 1. The molecule has 0 bridgehead atoms. The molecule has 2 fully saturated rings. The number of benzene rings is 2. The molecule has 5 heterocycles. The molecule has 0 saturated carbocycles. The monoisotopic (exact) mass is 739 g/mol. The number of rotatable bonds is 10. The van der Waals surface area contributed by atoms with Crippen LogP contribution in [0.1, 0.15) is 48.5 Å². The van der Waals surface area contributed by atoms with Gasteiger partial charge in [-0.2, -0.15) is 27.9 Å². The lowest BCUT2D eigenvalue weighted by atomic mass is 9.91. The molecule has 19 heteroatoms. The number of halogens is 3. The van der Waals surface area contributed by atoms with Crippen molar-refractivity contribution in [3.8, 4) is 0 Å². The number of aliphatic carboxylic acids is 1. The third-order valence-electron chi connectivity index (χ3n) is 9.22. The molecule has 0 spiro atoms. The van der Waals surface area contributed by atoms with Gasteiger partial charge in [-0.15, -0.1) is 10.2 Å². The van der Waals surface area contributed by atoms with E-state index < -0.39 is 36.7 Å². The molecule has 2 aliphatic heterocycles. The van der Waals surface area contributed by atoms with Crippen molar-refractivity contribution >= 4 is 28.9 Å². The number of hydrogen-bond donors (Lipinski definition) is 4. The molecular formula is C34H40F3N11O5. The number of aryl methyl sites for hydroxylation is 1. The van der Waals surface area contributed by atoms with Crippen molar-refractivity contribution in [2.75, 3.05) is 43.9 Å². The third-order valence-corrected chi connectivity index (χ3v) is 9.22. The quantitative estimate of drug-likeness (QED) is 0.163. The van der Waals surface area contributed by atoms with E-state index in [0.29, 0.717) is 42.1 Å². The highest BCUT2D eigenvalue weighted by Gasteiger charge is 2.47. The summed E-state index contributed by atoms with van der Waals surface area (Å²) < 4.78 is 39.6. The van der Waals surface area contributed by atoms with Gasteiger partial charge < -0.3 is 35.2 Å². The highest BCUT2D eigenvalue weighted by atomic mass is 19.4. The second-order valence-corrected chi connectivity index (χ2v) is 12.9. The molecule has 2 saturated heterocycles. The van der Waals surface area contributed by atoms with Crippen molar-refractivity contribution in [1.29, 1.82) is 0 Å². The Morgan fingerprint density at radius 1 is 1.04 bits per heavy atom.